The highest BCUT2D eigenvalue weighted by Gasteiger charge is 2.05. The van der Waals surface area contributed by atoms with Crippen LogP contribution in [0.4, 0.5) is 0 Å². The summed E-state index contributed by atoms with van der Waals surface area (Å²) in [6, 6.07) is 9.40. The molecule has 1 N–H and O–H groups in total. The van der Waals surface area contributed by atoms with E-state index in [1.807, 2.05) is 30.3 Å². The van der Waals surface area contributed by atoms with Crippen molar-refractivity contribution in [3.05, 3.63) is 43.0 Å². The van der Waals surface area contributed by atoms with Gasteiger partial charge in [0, 0.05) is 0 Å². The van der Waals surface area contributed by atoms with Gasteiger partial charge < -0.3 is 14.4 Å². The Bertz CT molecular complexity index is 402. The van der Waals surface area contributed by atoms with E-state index in [0.29, 0.717) is 6.54 Å². The molecule has 5 nitrogen and oxygen atoms in total. The van der Waals surface area contributed by atoms with Crippen LogP contribution in [0.25, 0.3) is 0 Å². The van der Waals surface area contributed by atoms with E-state index in [1.54, 1.807) is 17.2 Å². The van der Waals surface area contributed by atoms with E-state index < -0.39 is 6.10 Å². The summed E-state index contributed by atoms with van der Waals surface area (Å²) in [5.74, 6) is 0.755. The number of hydrogen-bond donors (Lipinski definition) is 1. The molecule has 16 heavy (non-hydrogen) atoms. The van der Waals surface area contributed by atoms with Gasteiger partial charge in [0.05, 0.1) is 6.54 Å². The molecule has 2 rings (SSSR count). The number of benzene rings is 1. The van der Waals surface area contributed by atoms with Gasteiger partial charge in [-0.2, -0.15) is 0 Å². The highest BCUT2D eigenvalue weighted by atomic mass is 16.5. The van der Waals surface area contributed by atoms with Gasteiger partial charge in [-0.3, -0.25) is 0 Å². The Balaban J connectivity index is 1.78. The standard InChI is InChI=1S/C11H13N3O2/c15-10(6-14-8-12-13-9-14)7-16-11-4-2-1-3-5-11/h1-5,8-10,15H,6-7H2. The number of aromatic nitrogens is 3. The molecule has 0 aliphatic carbocycles. The number of nitrogens with zero attached hydrogens (tertiary/aromatic N) is 3. The molecule has 0 spiro atoms. The average molecular weight is 219 g/mol. The highest BCUT2D eigenvalue weighted by molar-refractivity contribution is 5.20. The molecule has 1 unspecified atom stereocenters. The fourth-order valence-electron chi connectivity index (χ4n) is 1.32. The second-order valence-corrected chi connectivity index (χ2v) is 3.44. The summed E-state index contributed by atoms with van der Waals surface area (Å²) >= 11 is 0. The molecule has 0 fully saturated rings. The van der Waals surface area contributed by atoms with E-state index in [2.05, 4.69) is 10.2 Å². The number of rotatable bonds is 5. The Kier molecular flexibility index (Phi) is 3.50. The first-order chi connectivity index (χ1) is 7.84. The number of hydrogen-bond acceptors (Lipinski definition) is 4. The lowest BCUT2D eigenvalue weighted by Gasteiger charge is -2.12. The van der Waals surface area contributed by atoms with Crippen LogP contribution in [0.15, 0.2) is 43.0 Å². The third kappa shape index (κ3) is 3.06. The lowest BCUT2D eigenvalue weighted by Crippen LogP contribution is -2.22. The maximum Gasteiger partial charge on any atom is 0.119 e. The van der Waals surface area contributed by atoms with Crippen molar-refractivity contribution in [2.45, 2.75) is 12.6 Å². The maximum atomic E-state index is 9.68. The van der Waals surface area contributed by atoms with Gasteiger partial charge in [-0.1, -0.05) is 18.2 Å². The molecule has 5 heteroatoms. The molecule has 0 amide bonds. The fraction of sp³-hybridized carbons (Fsp3) is 0.273. The van der Waals surface area contributed by atoms with Gasteiger partial charge in [0.15, 0.2) is 0 Å². The van der Waals surface area contributed by atoms with Crippen molar-refractivity contribution in [3.63, 3.8) is 0 Å². The molecule has 0 saturated heterocycles. The highest BCUT2D eigenvalue weighted by Crippen LogP contribution is 2.08. The third-order valence-electron chi connectivity index (χ3n) is 2.07. The molecule has 0 aliphatic rings. The lowest BCUT2D eigenvalue weighted by atomic mass is 10.3. The number of ether oxygens (including phenoxy) is 1. The molecule has 0 bridgehead atoms. The lowest BCUT2D eigenvalue weighted by molar-refractivity contribution is 0.0924. The molecule has 84 valence electrons. The summed E-state index contributed by atoms with van der Waals surface area (Å²) < 4.78 is 7.12. The third-order valence-corrected chi connectivity index (χ3v) is 2.07. The Morgan fingerprint density at radius 3 is 2.56 bits per heavy atom. The van der Waals surface area contributed by atoms with Crippen molar-refractivity contribution >= 4 is 0 Å². The zero-order valence-corrected chi connectivity index (χ0v) is 8.73. The summed E-state index contributed by atoms with van der Waals surface area (Å²) in [4.78, 5) is 0. The zero-order chi connectivity index (χ0) is 11.2. The van der Waals surface area contributed by atoms with Crippen molar-refractivity contribution in [2.24, 2.45) is 0 Å². The van der Waals surface area contributed by atoms with Gasteiger partial charge in [-0.05, 0) is 12.1 Å². The largest absolute Gasteiger partial charge is 0.491 e. The first kappa shape index (κ1) is 10.6. The van der Waals surface area contributed by atoms with Crippen LogP contribution < -0.4 is 4.74 Å². The molecule has 0 saturated carbocycles. The number of para-hydroxylation sites is 1. The molecular weight excluding hydrogens is 206 g/mol. The molecule has 2 aromatic rings. The Morgan fingerprint density at radius 1 is 1.19 bits per heavy atom. The Morgan fingerprint density at radius 2 is 1.88 bits per heavy atom. The van der Waals surface area contributed by atoms with E-state index in [-0.39, 0.29) is 6.61 Å². The van der Waals surface area contributed by atoms with E-state index in [9.17, 15) is 5.11 Å². The van der Waals surface area contributed by atoms with E-state index in [0.717, 1.165) is 5.75 Å². The summed E-state index contributed by atoms with van der Waals surface area (Å²) in [5.41, 5.74) is 0. The van der Waals surface area contributed by atoms with Crippen molar-refractivity contribution in [1.29, 1.82) is 0 Å². The molecule has 0 aliphatic heterocycles. The molecule has 1 aromatic heterocycles. The molecule has 1 heterocycles. The van der Waals surface area contributed by atoms with Crippen LogP contribution in [0.2, 0.25) is 0 Å². The van der Waals surface area contributed by atoms with E-state index in [4.69, 9.17) is 4.74 Å². The number of aliphatic hydroxyl groups is 1. The van der Waals surface area contributed by atoms with Crippen LogP contribution >= 0.6 is 0 Å². The van der Waals surface area contributed by atoms with Crippen LogP contribution in [0.3, 0.4) is 0 Å². The van der Waals surface area contributed by atoms with Crippen LogP contribution in [0.5, 0.6) is 5.75 Å². The second kappa shape index (κ2) is 5.27. The van der Waals surface area contributed by atoms with Gasteiger partial charge in [0.2, 0.25) is 0 Å². The average Bonchev–Trinajstić information content (AvgIpc) is 2.81. The maximum absolute atomic E-state index is 9.68. The smallest absolute Gasteiger partial charge is 0.119 e. The van der Waals surface area contributed by atoms with Crippen molar-refractivity contribution < 1.29 is 9.84 Å². The zero-order valence-electron chi connectivity index (χ0n) is 8.73. The predicted molar refractivity (Wildman–Crippen MR) is 58.0 cm³/mol. The molecule has 0 radical (unpaired) electrons. The van der Waals surface area contributed by atoms with E-state index >= 15 is 0 Å². The minimum absolute atomic E-state index is 0.252. The first-order valence-corrected chi connectivity index (χ1v) is 5.03. The normalized spacial score (nSPS) is 12.3. The summed E-state index contributed by atoms with van der Waals surface area (Å²) in [6.07, 6.45) is 2.55. The van der Waals surface area contributed by atoms with E-state index in [1.165, 1.54) is 0 Å². The molecular formula is C11H13N3O2. The quantitative estimate of drug-likeness (QED) is 0.804. The van der Waals surface area contributed by atoms with Crippen molar-refractivity contribution in [1.82, 2.24) is 14.8 Å². The van der Waals surface area contributed by atoms with Crippen molar-refractivity contribution in [2.75, 3.05) is 6.61 Å². The van der Waals surface area contributed by atoms with Crippen LogP contribution in [-0.4, -0.2) is 32.6 Å². The number of aliphatic hydroxyl groups excluding tert-OH is 1. The molecule has 1 atom stereocenters. The minimum Gasteiger partial charge on any atom is -0.491 e. The van der Waals surface area contributed by atoms with Crippen molar-refractivity contribution in [3.8, 4) is 5.75 Å². The minimum atomic E-state index is -0.573. The summed E-state index contributed by atoms with van der Waals surface area (Å²) in [6.45, 7) is 0.683. The summed E-state index contributed by atoms with van der Waals surface area (Å²) in [7, 11) is 0. The topological polar surface area (TPSA) is 60.2 Å². The van der Waals surface area contributed by atoms with Crippen LogP contribution in [0.1, 0.15) is 0 Å². The Labute approximate surface area is 93.3 Å². The monoisotopic (exact) mass is 219 g/mol. The fourth-order valence-corrected chi connectivity index (χ4v) is 1.32. The van der Waals surface area contributed by atoms with Gasteiger partial charge in [-0.25, -0.2) is 0 Å². The SMILES string of the molecule is OC(COc1ccccc1)Cn1cnnc1. The first-order valence-electron chi connectivity index (χ1n) is 5.03. The van der Waals surface area contributed by atoms with Gasteiger partial charge >= 0.3 is 0 Å². The molecule has 1 aromatic carbocycles. The Hall–Kier alpha value is -1.88. The second-order valence-electron chi connectivity index (χ2n) is 3.44. The van der Waals surface area contributed by atoms with Gasteiger partial charge in [0.25, 0.3) is 0 Å². The summed E-state index contributed by atoms with van der Waals surface area (Å²) in [5, 5.41) is 17.0. The van der Waals surface area contributed by atoms with Gasteiger partial charge in [-0.15, -0.1) is 10.2 Å². The van der Waals surface area contributed by atoms with Crippen LogP contribution in [-0.2, 0) is 6.54 Å². The van der Waals surface area contributed by atoms with Gasteiger partial charge in [0.1, 0.15) is 31.1 Å². The predicted octanol–water partition coefficient (Wildman–Crippen LogP) is 0.718. The van der Waals surface area contributed by atoms with Crippen LogP contribution in [0, 0.1) is 0 Å².